The van der Waals surface area contributed by atoms with E-state index < -0.39 is 0 Å². The predicted octanol–water partition coefficient (Wildman–Crippen LogP) is 3.18. The van der Waals surface area contributed by atoms with Gasteiger partial charge in [-0.3, -0.25) is 4.98 Å². The van der Waals surface area contributed by atoms with Gasteiger partial charge in [-0.1, -0.05) is 18.2 Å². The van der Waals surface area contributed by atoms with Gasteiger partial charge in [-0.05, 0) is 12.1 Å². The van der Waals surface area contributed by atoms with Gasteiger partial charge in [0.2, 0.25) is 0 Å². The number of nitriles is 1. The number of pyridine rings is 1. The first kappa shape index (κ1) is 9.61. The number of nitrogens with zero attached hydrogens (tertiary/aromatic N) is 3. The lowest BCUT2D eigenvalue weighted by Gasteiger charge is -1.97. The third-order valence-corrected chi connectivity index (χ3v) is 2.81. The molecule has 3 aromatic rings. The van der Waals surface area contributed by atoms with Crippen LogP contribution in [0.3, 0.4) is 0 Å². The Labute approximate surface area is 98.2 Å². The van der Waals surface area contributed by atoms with Crippen molar-refractivity contribution in [2.45, 2.75) is 0 Å². The lowest BCUT2D eigenvalue weighted by atomic mass is 10.2. The van der Waals surface area contributed by atoms with E-state index in [0.717, 1.165) is 16.4 Å². The van der Waals surface area contributed by atoms with E-state index in [-0.39, 0.29) is 0 Å². The number of fused-ring (bicyclic) bond motifs is 3. The highest BCUT2D eigenvalue weighted by Crippen LogP contribution is 2.28. The fourth-order valence-electron chi connectivity index (χ4n) is 2.12. The summed E-state index contributed by atoms with van der Waals surface area (Å²) < 4.78 is 1.99. The molecule has 1 aromatic carbocycles. The molecule has 80 valence electrons. The van der Waals surface area contributed by atoms with E-state index in [0.29, 0.717) is 0 Å². The molecule has 3 rings (SSSR count). The van der Waals surface area contributed by atoms with Gasteiger partial charge >= 0.3 is 0 Å². The largest absolute Gasteiger partial charge is 0.314 e. The van der Waals surface area contributed by atoms with E-state index in [4.69, 9.17) is 5.26 Å². The number of allylic oxidation sites excluding steroid dienone is 1. The number of hydrogen-bond donors (Lipinski definition) is 0. The summed E-state index contributed by atoms with van der Waals surface area (Å²) in [6.45, 7) is 0. The Morgan fingerprint density at radius 3 is 2.82 bits per heavy atom. The molecule has 0 atom stereocenters. The van der Waals surface area contributed by atoms with Gasteiger partial charge in [-0.25, -0.2) is 0 Å². The van der Waals surface area contributed by atoms with Crippen LogP contribution in [0.4, 0.5) is 0 Å². The molecule has 0 aliphatic carbocycles. The van der Waals surface area contributed by atoms with Gasteiger partial charge in [0.1, 0.15) is 0 Å². The van der Waals surface area contributed by atoms with Crippen LogP contribution in [-0.4, -0.2) is 9.55 Å². The highest BCUT2D eigenvalue weighted by molar-refractivity contribution is 6.08. The molecule has 0 fully saturated rings. The van der Waals surface area contributed by atoms with Crippen LogP contribution in [0.2, 0.25) is 0 Å². The smallest absolute Gasteiger partial charge is 0.0927 e. The molecular formula is C14H9N3. The number of rotatable bonds is 1. The van der Waals surface area contributed by atoms with Crippen molar-refractivity contribution in [2.75, 3.05) is 0 Å². The van der Waals surface area contributed by atoms with Crippen molar-refractivity contribution in [1.82, 2.24) is 9.55 Å². The fourth-order valence-corrected chi connectivity index (χ4v) is 2.12. The average Bonchev–Trinajstić information content (AvgIpc) is 2.71. The van der Waals surface area contributed by atoms with Crippen molar-refractivity contribution < 1.29 is 0 Å². The molecule has 0 radical (unpaired) electrons. The predicted molar refractivity (Wildman–Crippen MR) is 68.2 cm³/mol. The monoisotopic (exact) mass is 219 g/mol. The summed E-state index contributed by atoms with van der Waals surface area (Å²) in [6, 6.07) is 12.1. The van der Waals surface area contributed by atoms with Crippen LogP contribution in [0.1, 0.15) is 0 Å². The molecule has 0 spiro atoms. The Hall–Kier alpha value is -2.60. The highest BCUT2D eigenvalue weighted by Gasteiger charge is 2.07. The van der Waals surface area contributed by atoms with Crippen LogP contribution in [-0.2, 0) is 0 Å². The second kappa shape index (κ2) is 3.76. The van der Waals surface area contributed by atoms with Crippen LogP contribution in [0.15, 0.2) is 48.8 Å². The zero-order valence-corrected chi connectivity index (χ0v) is 9.04. The van der Waals surface area contributed by atoms with Gasteiger partial charge in [0.25, 0.3) is 0 Å². The van der Waals surface area contributed by atoms with Crippen molar-refractivity contribution in [3.8, 4) is 6.07 Å². The first-order chi connectivity index (χ1) is 8.42. The highest BCUT2D eigenvalue weighted by atomic mass is 15.0. The molecule has 3 nitrogen and oxygen atoms in total. The summed E-state index contributed by atoms with van der Waals surface area (Å²) in [7, 11) is 0. The van der Waals surface area contributed by atoms with Gasteiger partial charge in [0.05, 0.1) is 23.3 Å². The molecule has 0 saturated carbocycles. The minimum absolute atomic E-state index is 1.01. The maximum absolute atomic E-state index is 8.64. The van der Waals surface area contributed by atoms with Gasteiger partial charge in [0, 0.05) is 29.2 Å². The summed E-state index contributed by atoms with van der Waals surface area (Å²) in [5, 5.41) is 11.0. The van der Waals surface area contributed by atoms with Gasteiger partial charge in [-0.15, -0.1) is 0 Å². The summed E-state index contributed by atoms with van der Waals surface area (Å²) in [5.41, 5.74) is 2.10. The van der Waals surface area contributed by atoms with E-state index in [1.165, 1.54) is 11.5 Å². The molecule has 0 aliphatic heterocycles. The molecule has 3 heteroatoms. The van der Waals surface area contributed by atoms with E-state index >= 15 is 0 Å². The third kappa shape index (κ3) is 1.39. The van der Waals surface area contributed by atoms with Crippen LogP contribution in [0.25, 0.3) is 28.0 Å². The maximum Gasteiger partial charge on any atom is 0.0927 e. The Morgan fingerprint density at radius 1 is 1.12 bits per heavy atom. The molecule has 0 aliphatic rings. The third-order valence-electron chi connectivity index (χ3n) is 2.81. The van der Waals surface area contributed by atoms with Gasteiger partial charge in [-0.2, -0.15) is 5.26 Å². The number of benzene rings is 1. The Kier molecular flexibility index (Phi) is 2.13. The number of aromatic nitrogens is 2. The molecule has 0 bridgehead atoms. The normalized spacial score (nSPS) is 11.2. The molecule has 0 amide bonds. The zero-order chi connectivity index (χ0) is 11.7. The fraction of sp³-hybridized carbons (Fsp3) is 0. The molecular weight excluding hydrogens is 210 g/mol. The minimum Gasteiger partial charge on any atom is -0.314 e. The summed E-state index contributed by atoms with van der Waals surface area (Å²) in [5.74, 6) is 0. The Bertz CT molecular complexity index is 707. The van der Waals surface area contributed by atoms with Crippen LogP contribution in [0, 0.1) is 11.3 Å². The molecule has 0 saturated heterocycles. The van der Waals surface area contributed by atoms with Crippen molar-refractivity contribution in [1.29, 1.82) is 5.26 Å². The Morgan fingerprint density at radius 2 is 1.94 bits per heavy atom. The first-order valence-electron chi connectivity index (χ1n) is 5.31. The standard InChI is InChI=1S/C14H9N3/c15-7-3-9-17-13-5-2-1-4-11(13)12-6-8-16-10-14(12)17/h1-6,8-10H. The molecule has 2 aromatic heterocycles. The molecule has 0 N–H and O–H groups in total. The zero-order valence-electron chi connectivity index (χ0n) is 9.04. The van der Waals surface area contributed by atoms with Crippen molar-refractivity contribution >= 4 is 28.0 Å². The second-order valence-electron chi connectivity index (χ2n) is 3.72. The SMILES string of the molecule is N#CC=Cn1c2ccccc2c2ccncc21. The molecule has 0 unspecified atom stereocenters. The van der Waals surface area contributed by atoms with Crippen molar-refractivity contribution in [3.63, 3.8) is 0 Å². The van der Waals surface area contributed by atoms with Gasteiger partial charge in [0.15, 0.2) is 0 Å². The van der Waals surface area contributed by atoms with E-state index in [2.05, 4.69) is 11.1 Å². The average molecular weight is 219 g/mol. The van der Waals surface area contributed by atoms with Crippen molar-refractivity contribution in [3.05, 3.63) is 48.8 Å². The topological polar surface area (TPSA) is 41.6 Å². The van der Waals surface area contributed by atoms with Crippen LogP contribution in [0.5, 0.6) is 0 Å². The molecule has 2 heterocycles. The quantitative estimate of drug-likeness (QED) is 0.590. The first-order valence-corrected chi connectivity index (χ1v) is 5.31. The number of hydrogen-bond acceptors (Lipinski definition) is 2. The second-order valence-corrected chi connectivity index (χ2v) is 3.72. The lowest BCUT2D eigenvalue weighted by Crippen LogP contribution is -1.85. The number of para-hydroxylation sites is 1. The van der Waals surface area contributed by atoms with Gasteiger partial charge < -0.3 is 4.57 Å². The summed E-state index contributed by atoms with van der Waals surface area (Å²) in [4.78, 5) is 4.14. The van der Waals surface area contributed by atoms with Crippen molar-refractivity contribution in [2.24, 2.45) is 0 Å². The maximum atomic E-state index is 8.64. The summed E-state index contributed by atoms with van der Waals surface area (Å²) >= 11 is 0. The van der Waals surface area contributed by atoms with E-state index in [1.807, 2.05) is 41.1 Å². The minimum atomic E-state index is 1.01. The Balaban J connectivity index is 2.51. The van der Waals surface area contributed by atoms with E-state index in [1.54, 1.807) is 12.4 Å². The van der Waals surface area contributed by atoms with Crippen LogP contribution >= 0.6 is 0 Å². The molecule has 17 heavy (non-hydrogen) atoms. The van der Waals surface area contributed by atoms with E-state index in [9.17, 15) is 0 Å². The summed E-state index contributed by atoms with van der Waals surface area (Å²) in [6.07, 6.45) is 6.84. The lowest BCUT2D eigenvalue weighted by molar-refractivity contribution is 1.25. The van der Waals surface area contributed by atoms with Crippen LogP contribution < -0.4 is 0 Å².